The van der Waals surface area contributed by atoms with Gasteiger partial charge < -0.3 is 9.67 Å². The molecule has 0 aliphatic rings. The Labute approximate surface area is 94.7 Å². The lowest BCUT2D eigenvalue weighted by atomic mass is 10.1. The first-order valence-corrected chi connectivity index (χ1v) is 5.20. The molecule has 0 unspecified atom stereocenters. The lowest BCUT2D eigenvalue weighted by Gasteiger charge is -2.03. The summed E-state index contributed by atoms with van der Waals surface area (Å²) in [5.41, 5.74) is 2.32. The van der Waals surface area contributed by atoms with Crippen molar-refractivity contribution in [3.8, 4) is 0 Å². The summed E-state index contributed by atoms with van der Waals surface area (Å²) in [7, 11) is 0. The van der Waals surface area contributed by atoms with Crippen LogP contribution in [0.15, 0.2) is 49.1 Å². The van der Waals surface area contributed by atoms with Crippen LogP contribution in [0.4, 0.5) is 0 Å². The minimum Gasteiger partial charge on any atom is -0.392 e. The molecule has 3 heteroatoms. The summed E-state index contributed by atoms with van der Waals surface area (Å²) in [4.78, 5) is 4.01. The van der Waals surface area contributed by atoms with Crippen molar-refractivity contribution in [3.05, 3.63) is 60.2 Å². The van der Waals surface area contributed by atoms with E-state index < -0.39 is 0 Å². The van der Waals surface area contributed by atoms with E-state index in [1.165, 1.54) is 5.56 Å². The van der Waals surface area contributed by atoms with Gasteiger partial charge in [0.05, 0.1) is 12.9 Å². The molecule has 0 aliphatic heterocycles. The third kappa shape index (κ3) is 2.81. The molecule has 16 heavy (non-hydrogen) atoms. The van der Waals surface area contributed by atoms with Crippen molar-refractivity contribution in [1.29, 1.82) is 0 Å². The number of imidazole rings is 1. The molecule has 82 valence electrons. The highest BCUT2D eigenvalue weighted by Crippen LogP contribution is 2.08. The highest BCUT2D eigenvalue weighted by Gasteiger charge is 1.95. The number of rotatable bonds is 4. The highest BCUT2D eigenvalue weighted by atomic mass is 16.2. The first-order valence-electron chi connectivity index (χ1n) is 5.20. The van der Waals surface area contributed by atoms with E-state index in [1.807, 2.05) is 29.0 Å². The third-order valence-electron chi connectivity index (χ3n) is 2.29. The maximum atomic E-state index is 8.71. The van der Waals surface area contributed by atoms with E-state index >= 15 is 0 Å². The molecule has 0 saturated heterocycles. The van der Waals surface area contributed by atoms with Crippen LogP contribution in [0.25, 0.3) is 6.08 Å². The van der Waals surface area contributed by atoms with E-state index in [2.05, 4.69) is 17.1 Å². The first kappa shape index (κ1) is 10.6. The van der Waals surface area contributed by atoms with Crippen molar-refractivity contribution in [1.82, 2.24) is 9.55 Å². The number of benzene rings is 1. The van der Waals surface area contributed by atoms with Crippen LogP contribution in [0.5, 0.6) is 0 Å². The monoisotopic (exact) mass is 214 g/mol. The van der Waals surface area contributed by atoms with E-state index in [9.17, 15) is 0 Å². The second-order valence-electron chi connectivity index (χ2n) is 3.56. The quantitative estimate of drug-likeness (QED) is 0.844. The van der Waals surface area contributed by atoms with Gasteiger partial charge in [-0.05, 0) is 17.2 Å². The van der Waals surface area contributed by atoms with Crippen molar-refractivity contribution in [2.75, 3.05) is 6.61 Å². The summed E-state index contributed by atoms with van der Waals surface area (Å²) in [6.07, 6.45) is 9.16. The van der Waals surface area contributed by atoms with Gasteiger partial charge in [-0.2, -0.15) is 0 Å². The number of hydrogen-bond donors (Lipinski definition) is 1. The number of aromatic nitrogens is 2. The van der Waals surface area contributed by atoms with Gasteiger partial charge in [0.2, 0.25) is 0 Å². The zero-order valence-electron chi connectivity index (χ0n) is 8.95. The summed E-state index contributed by atoms with van der Waals surface area (Å²) in [5.74, 6) is 0. The summed E-state index contributed by atoms with van der Waals surface area (Å²) in [5, 5.41) is 8.71. The highest BCUT2D eigenvalue weighted by molar-refractivity contribution is 5.50. The Bertz CT molecular complexity index is 461. The van der Waals surface area contributed by atoms with Crippen LogP contribution in [0.3, 0.4) is 0 Å². The van der Waals surface area contributed by atoms with Gasteiger partial charge in [0.25, 0.3) is 0 Å². The molecule has 1 N–H and O–H groups in total. The van der Waals surface area contributed by atoms with Gasteiger partial charge in [-0.15, -0.1) is 0 Å². The largest absolute Gasteiger partial charge is 0.392 e. The van der Waals surface area contributed by atoms with Gasteiger partial charge in [-0.1, -0.05) is 30.4 Å². The van der Waals surface area contributed by atoms with Crippen molar-refractivity contribution in [2.45, 2.75) is 6.54 Å². The van der Waals surface area contributed by atoms with Crippen LogP contribution >= 0.6 is 0 Å². The Hall–Kier alpha value is -1.87. The fraction of sp³-hybridized carbons (Fsp3) is 0.154. The minimum atomic E-state index is 0.0751. The molecule has 3 nitrogen and oxygen atoms in total. The molecule has 0 saturated carbocycles. The number of aliphatic hydroxyl groups excluding tert-OH is 1. The summed E-state index contributed by atoms with van der Waals surface area (Å²) in [6.45, 7) is 0.895. The molecule has 0 amide bonds. The van der Waals surface area contributed by atoms with Crippen LogP contribution in [0.2, 0.25) is 0 Å². The van der Waals surface area contributed by atoms with Gasteiger partial charge in [0, 0.05) is 18.9 Å². The Morgan fingerprint density at radius 3 is 3.06 bits per heavy atom. The SMILES string of the molecule is OC/C=C/c1cccc(Cn2ccnc2)c1. The van der Waals surface area contributed by atoms with Gasteiger partial charge >= 0.3 is 0 Å². The van der Waals surface area contributed by atoms with Gasteiger partial charge in [-0.3, -0.25) is 0 Å². The average molecular weight is 214 g/mol. The second kappa shape index (κ2) is 5.28. The molecular formula is C13H14N2O. The molecule has 2 aromatic rings. The summed E-state index contributed by atoms with van der Waals surface area (Å²) < 4.78 is 2.02. The Morgan fingerprint density at radius 2 is 2.31 bits per heavy atom. The molecule has 1 heterocycles. The predicted octanol–water partition coefficient (Wildman–Crippen LogP) is 1.94. The molecule has 0 radical (unpaired) electrons. The van der Waals surface area contributed by atoms with Crippen molar-refractivity contribution in [2.24, 2.45) is 0 Å². The maximum Gasteiger partial charge on any atom is 0.0949 e. The predicted molar refractivity (Wildman–Crippen MR) is 63.9 cm³/mol. The Balaban J connectivity index is 2.13. The van der Waals surface area contributed by atoms with E-state index in [-0.39, 0.29) is 6.61 Å². The second-order valence-corrected chi connectivity index (χ2v) is 3.56. The van der Waals surface area contributed by atoms with Crippen LogP contribution < -0.4 is 0 Å². The van der Waals surface area contributed by atoms with Crippen molar-refractivity contribution in [3.63, 3.8) is 0 Å². The first-order chi connectivity index (χ1) is 7.88. The zero-order chi connectivity index (χ0) is 11.2. The third-order valence-corrected chi connectivity index (χ3v) is 2.29. The van der Waals surface area contributed by atoms with Gasteiger partial charge in [-0.25, -0.2) is 4.98 Å². The molecule has 1 aromatic carbocycles. The van der Waals surface area contributed by atoms with E-state index in [1.54, 1.807) is 18.6 Å². The van der Waals surface area contributed by atoms with E-state index in [0.717, 1.165) is 12.1 Å². The molecule has 0 atom stereocenters. The minimum absolute atomic E-state index is 0.0751. The molecule has 0 aliphatic carbocycles. The number of hydrogen-bond acceptors (Lipinski definition) is 2. The van der Waals surface area contributed by atoms with E-state index in [0.29, 0.717) is 0 Å². The zero-order valence-corrected chi connectivity index (χ0v) is 8.95. The number of aliphatic hydroxyl groups is 1. The van der Waals surface area contributed by atoms with E-state index in [4.69, 9.17) is 5.11 Å². The Kier molecular flexibility index (Phi) is 3.51. The summed E-state index contributed by atoms with van der Waals surface area (Å²) >= 11 is 0. The standard InChI is InChI=1S/C13H14N2O/c16-8-2-5-12-3-1-4-13(9-12)10-15-7-6-14-11-15/h1-7,9,11,16H,8,10H2/b5-2+. The molecule has 0 bridgehead atoms. The van der Waals surface area contributed by atoms with Crippen LogP contribution in [-0.2, 0) is 6.54 Å². The smallest absolute Gasteiger partial charge is 0.0949 e. The maximum absolute atomic E-state index is 8.71. The average Bonchev–Trinajstić information content (AvgIpc) is 2.80. The number of nitrogens with zero attached hydrogens (tertiary/aromatic N) is 2. The fourth-order valence-corrected chi connectivity index (χ4v) is 1.58. The Morgan fingerprint density at radius 1 is 1.38 bits per heavy atom. The van der Waals surface area contributed by atoms with Gasteiger partial charge in [0.15, 0.2) is 0 Å². The van der Waals surface area contributed by atoms with Crippen LogP contribution in [0, 0.1) is 0 Å². The lowest BCUT2D eigenvalue weighted by molar-refractivity contribution is 0.343. The van der Waals surface area contributed by atoms with Crippen molar-refractivity contribution < 1.29 is 5.11 Å². The molecule has 2 rings (SSSR count). The fourth-order valence-electron chi connectivity index (χ4n) is 1.58. The van der Waals surface area contributed by atoms with Crippen LogP contribution in [0.1, 0.15) is 11.1 Å². The van der Waals surface area contributed by atoms with Gasteiger partial charge in [0.1, 0.15) is 0 Å². The molecule has 0 fully saturated rings. The normalized spacial score (nSPS) is 11.1. The van der Waals surface area contributed by atoms with Crippen LogP contribution in [-0.4, -0.2) is 21.3 Å². The topological polar surface area (TPSA) is 38.0 Å². The summed E-state index contributed by atoms with van der Waals surface area (Å²) in [6, 6.07) is 8.22. The molecule has 0 spiro atoms. The molecule has 1 aromatic heterocycles. The van der Waals surface area contributed by atoms with Crippen molar-refractivity contribution >= 4 is 6.08 Å². The molecular weight excluding hydrogens is 200 g/mol. The lowest BCUT2D eigenvalue weighted by Crippen LogP contribution is -1.96.